The van der Waals surface area contributed by atoms with Gasteiger partial charge in [0.25, 0.3) is 5.91 Å². The molecular formula is C22H19ClN2O3. The molecule has 28 heavy (non-hydrogen) atoms. The Bertz CT molecular complexity index is 997. The fourth-order valence-corrected chi connectivity index (χ4v) is 4.01. The van der Waals surface area contributed by atoms with Gasteiger partial charge in [-0.3, -0.25) is 19.3 Å². The summed E-state index contributed by atoms with van der Waals surface area (Å²) in [4.78, 5) is 39.2. The Morgan fingerprint density at radius 3 is 2.50 bits per heavy atom. The van der Waals surface area contributed by atoms with Gasteiger partial charge in [0, 0.05) is 16.3 Å². The van der Waals surface area contributed by atoms with Crippen molar-refractivity contribution in [2.45, 2.75) is 19.8 Å². The molecule has 142 valence electrons. The lowest BCUT2D eigenvalue weighted by Crippen LogP contribution is -2.30. The maximum absolute atomic E-state index is 12.8. The Morgan fingerprint density at radius 2 is 1.79 bits per heavy atom. The first-order chi connectivity index (χ1) is 13.4. The molecule has 1 aliphatic carbocycles. The minimum absolute atomic E-state index is 0.154. The van der Waals surface area contributed by atoms with Crippen LogP contribution in [0.3, 0.4) is 0 Å². The van der Waals surface area contributed by atoms with E-state index < -0.39 is 0 Å². The predicted molar refractivity (Wildman–Crippen MR) is 108 cm³/mol. The fourth-order valence-electron chi connectivity index (χ4n) is 3.82. The number of fused-ring (bicyclic) bond motifs is 1. The van der Waals surface area contributed by atoms with Crippen molar-refractivity contribution in [1.82, 2.24) is 0 Å². The molecule has 0 bridgehead atoms. The van der Waals surface area contributed by atoms with Gasteiger partial charge in [-0.25, -0.2) is 0 Å². The lowest BCUT2D eigenvalue weighted by Gasteiger charge is -2.18. The third kappa shape index (κ3) is 3.34. The molecule has 1 N–H and O–H groups in total. The number of carbonyl (C=O) groups is 3. The molecule has 5 nitrogen and oxygen atoms in total. The van der Waals surface area contributed by atoms with Crippen molar-refractivity contribution in [3.63, 3.8) is 0 Å². The van der Waals surface area contributed by atoms with E-state index in [-0.39, 0.29) is 29.6 Å². The van der Waals surface area contributed by atoms with Crippen LogP contribution in [0.1, 0.15) is 30.1 Å². The Hall–Kier alpha value is -2.92. The zero-order valence-corrected chi connectivity index (χ0v) is 16.1. The summed E-state index contributed by atoms with van der Waals surface area (Å²) in [5.41, 5.74) is 2.68. The monoisotopic (exact) mass is 394 g/mol. The van der Waals surface area contributed by atoms with E-state index in [1.54, 1.807) is 48.5 Å². The molecule has 6 heteroatoms. The van der Waals surface area contributed by atoms with E-state index in [4.69, 9.17) is 11.6 Å². The first kappa shape index (κ1) is 18.4. The van der Waals surface area contributed by atoms with Gasteiger partial charge in [0.1, 0.15) is 0 Å². The number of amides is 3. The highest BCUT2D eigenvalue weighted by Gasteiger charge is 2.48. The van der Waals surface area contributed by atoms with E-state index in [0.29, 0.717) is 34.8 Å². The molecule has 1 aliphatic heterocycles. The Kier molecular flexibility index (Phi) is 4.77. The van der Waals surface area contributed by atoms with Crippen LogP contribution >= 0.6 is 11.6 Å². The van der Waals surface area contributed by atoms with Gasteiger partial charge in [0.05, 0.1) is 17.5 Å². The highest BCUT2D eigenvalue weighted by atomic mass is 35.5. The van der Waals surface area contributed by atoms with Gasteiger partial charge in [0.15, 0.2) is 0 Å². The van der Waals surface area contributed by atoms with Crippen LogP contribution < -0.4 is 10.2 Å². The van der Waals surface area contributed by atoms with Crippen molar-refractivity contribution in [2.24, 2.45) is 11.8 Å². The molecule has 0 spiro atoms. The normalized spacial score (nSPS) is 21.4. The summed E-state index contributed by atoms with van der Waals surface area (Å²) in [6.07, 6.45) is 3.28. The van der Waals surface area contributed by atoms with Crippen LogP contribution in [0.15, 0.2) is 60.2 Å². The third-order valence-corrected chi connectivity index (χ3v) is 5.53. The topological polar surface area (TPSA) is 66.5 Å². The molecule has 2 atom stereocenters. The van der Waals surface area contributed by atoms with Gasteiger partial charge in [-0.15, -0.1) is 0 Å². The lowest BCUT2D eigenvalue weighted by atomic mass is 9.82. The minimum atomic E-state index is -0.290. The summed E-state index contributed by atoms with van der Waals surface area (Å²) in [6.45, 7) is 1.99. The molecule has 2 aliphatic rings. The highest BCUT2D eigenvalue weighted by Crippen LogP contribution is 2.39. The second kappa shape index (κ2) is 7.24. The molecule has 0 radical (unpaired) electrons. The third-order valence-electron chi connectivity index (χ3n) is 5.29. The van der Waals surface area contributed by atoms with Gasteiger partial charge in [-0.2, -0.15) is 0 Å². The number of halogens is 1. The number of carbonyl (C=O) groups excluding carboxylic acids is 3. The standard InChI is InChI=1S/C22H19ClN2O3/c1-13-5-10-18-19(11-13)22(28)25(21(18)27)17-8-6-14(7-9-17)20(26)24-16-4-2-3-15(23)12-16/h2-9,12,18-19H,10-11H2,1H3,(H,24,26)/t18-,19+/m0/s1. The number of hydrogen-bond acceptors (Lipinski definition) is 3. The molecule has 1 heterocycles. The van der Waals surface area contributed by atoms with Crippen LogP contribution in [0.5, 0.6) is 0 Å². The van der Waals surface area contributed by atoms with Crippen molar-refractivity contribution < 1.29 is 14.4 Å². The van der Waals surface area contributed by atoms with Crippen LogP contribution in [0.2, 0.25) is 5.02 Å². The Balaban J connectivity index is 1.51. The van der Waals surface area contributed by atoms with Crippen molar-refractivity contribution >= 4 is 40.7 Å². The molecule has 0 unspecified atom stereocenters. The van der Waals surface area contributed by atoms with Crippen LogP contribution in [0.4, 0.5) is 11.4 Å². The second-order valence-electron chi connectivity index (χ2n) is 7.23. The summed E-state index contributed by atoms with van der Waals surface area (Å²) in [5, 5.41) is 3.31. The van der Waals surface area contributed by atoms with Crippen molar-refractivity contribution in [3.8, 4) is 0 Å². The number of rotatable bonds is 3. The van der Waals surface area contributed by atoms with E-state index >= 15 is 0 Å². The molecule has 1 fully saturated rings. The summed E-state index contributed by atoms with van der Waals surface area (Å²) in [7, 11) is 0. The summed E-state index contributed by atoms with van der Waals surface area (Å²) in [5.74, 6) is -1.15. The van der Waals surface area contributed by atoms with Gasteiger partial charge in [-0.05, 0) is 62.2 Å². The average molecular weight is 395 g/mol. The number of nitrogens with one attached hydrogen (secondary N) is 1. The quantitative estimate of drug-likeness (QED) is 0.618. The minimum Gasteiger partial charge on any atom is -0.322 e. The fraction of sp³-hybridized carbons (Fsp3) is 0.227. The maximum Gasteiger partial charge on any atom is 0.255 e. The van der Waals surface area contributed by atoms with Gasteiger partial charge in [-0.1, -0.05) is 29.3 Å². The second-order valence-corrected chi connectivity index (χ2v) is 7.66. The molecule has 2 aromatic carbocycles. The molecule has 3 amide bonds. The first-order valence-corrected chi connectivity index (χ1v) is 9.52. The van der Waals surface area contributed by atoms with E-state index in [1.165, 1.54) is 4.90 Å². The highest BCUT2D eigenvalue weighted by molar-refractivity contribution is 6.31. The number of hydrogen-bond donors (Lipinski definition) is 1. The molecule has 0 saturated carbocycles. The number of allylic oxidation sites excluding steroid dienone is 2. The van der Waals surface area contributed by atoms with E-state index in [9.17, 15) is 14.4 Å². The number of imide groups is 1. The lowest BCUT2D eigenvalue weighted by molar-refractivity contribution is -0.122. The molecular weight excluding hydrogens is 376 g/mol. The summed E-state index contributed by atoms with van der Waals surface area (Å²) >= 11 is 5.93. The number of anilines is 2. The zero-order chi connectivity index (χ0) is 19.8. The van der Waals surface area contributed by atoms with Gasteiger partial charge >= 0.3 is 0 Å². The predicted octanol–water partition coefficient (Wildman–Crippen LogP) is 4.44. The van der Waals surface area contributed by atoms with Crippen molar-refractivity contribution in [2.75, 3.05) is 10.2 Å². The van der Waals surface area contributed by atoms with Crippen LogP contribution in [-0.4, -0.2) is 17.7 Å². The summed E-state index contributed by atoms with van der Waals surface area (Å²) in [6, 6.07) is 13.4. The summed E-state index contributed by atoms with van der Waals surface area (Å²) < 4.78 is 0. The van der Waals surface area contributed by atoms with E-state index in [0.717, 1.165) is 5.57 Å². The van der Waals surface area contributed by atoms with Crippen LogP contribution in [0, 0.1) is 11.8 Å². The zero-order valence-electron chi connectivity index (χ0n) is 15.3. The average Bonchev–Trinajstić information content (AvgIpc) is 2.92. The van der Waals surface area contributed by atoms with Gasteiger partial charge in [0.2, 0.25) is 11.8 Å². The van der Waals surface area contributed by atoms with Crippen molar-refractivity contribution in [3.05, 3.63) is 70.8 Å². The van der Waals surface area contributed by atoms with Crippen LogP contribution in [0.25, 0.3) is 0 Å². The van der Waals surface area contributed by atoms with Gasteiger partial charge < -0.3 is 5.32 Å². The maximum atomic E-state index is 12.8. The Labute approximate surface area is 168 Å². The van der Waals surface area contributed by atoms with Crippen LogP contribution in [-0.2, 0) is 9.59 Å². The van der Waals surface area contributed by atoms with E-state index in [1.807, 2.05) is 13.0 Å². The SMILES string of the molecule is CC1=CC[C@@H]2C(=O)N(c3ccc(C(=O)Nc4cccc(Cl)c4)cc3)C(=O)[C@@H]2C1. The number of nitrogens with zero attached hydrogens (tertiary/aromatic N) is 1. The largest absolute Gasteiger partial charge is 0.322 e. The molecule has 0 aromatic heterocycles. The molecule has 1 saturated heterocycles. The Morgan fingerprint density at radius 1 is 1.07 bits per heavy atom. The van der Waals surface area contributed by atoms with E-state index in [2.05, 4.69) is 5.32 Å². The molecule has 4 rings (SSSR count). The smallest absolute Gasteiger partial charge is 0.255 e. The number of benzene rings is 2. The van der Waals surface area contributed by atoms with Crippen molar-refractivity contribution in [1.29, 1.82) is 0 Å². The first-order valence-electron chi connectivity index (χ1n) is 9.14. The molecule has 2 aromatic rings.